The zero-order valence-corrected chi connectivity index (χ0v) is 63.1. The second kappa shape index (κ2) is 76.0. The Hall–Kier alpha value is -3.79. The van der Waals surface area contributed by atoms with Crippen molar-refractivity contribution in [1.29, 1.82) is 0 Å². The summed E-state index contributed by atoms with van der Waals surface area (Å²) in [6, 6.07) is 0. The molecule has 0 spiro atoms. The molecule has 0 saturated carbocycles. The van der Waals surface area contributed by atoms with Crippen LogP contribution in [0.4, 0.5) is 0 Å². The van der Waals surface area contributed by atoms with Crippen LogP contribution in [0.5, 0.6) is 0 Å². The van der Waals surface area contributed by atoms with Crippen LogP contribution in [0.1, 0.15) is 373 Å². The molecule has 0 aromatic heterocycles. The molecule has 0 rings (SSSR count). The van der Waals surface area contributed by atoms with Gasteiger partial charge in [-0.1, -0.05) is 361 Å². The molecule has 9 nitrogen and oxygen atoms in total. The molecule has 0 heterocycles. The molecule has 95 heavy (non-hydrogen) atoms. The topological polar surface area (TPSA) is 108 Å². The third kappa shape index (κ3) is 77.4. The first-order valence-electron chi connectivity index (χ1n) is 40.4. The molecule has 0 aromatic rings. The number of hydrogen-bond donors (Lipinski definition) is 1. The molecule has 0 radical (unpaired) electrons. The zero-order valence-electron chi connectivity index (χ0n) is 63.1. The molecule has 0 aliphatic heterocycles. The Balaban J connectivity index is 4.02. The summed E-state index contributed by atoms with van der Waals surface area (Å²) in [6.07, 6.45) is 103. The highest BCUT2D eigenvalue weighted by molar-refractivity contribution is 5.71. The van der Waals surface area contributed by atoms with Crippen LogP contribution >= 0.6 is 0 Å². The van der Waals surface area contributed by atoms with Crippen molar-refractivity contribution in [3.8, 4) is 0 Å². The summed E-state index contributed by atoms with van der Waals surface area (Å²) in [4.78, 5) is 37.8. The monoisotopic (exact) mass is 1330 g/mol. The van der Waals surface area contributed by atoms with E-state index in [1.54, 1.807) is 0 Å². The van der Waals surface area contributed by atoms with Crippen LogP contribution in [0.25, 0.3) is 0 Å². The van der Waals surface area contributed by atoms with Crippen molar-refractivity contribution in [2.24, 2.45) is 0 Å². The predicted octanol–water partition coefficient (Wildman–Crippen LogP) is 25.9. The van der Waals surface area contributed by atoms with E-state index in [9.17, 15) is 19.5 Å². The van der Waals surface area contributed by atoms with Gasteiger partial charge in [0, 0.05) is 12.8 Å². The van der Waals surface area contributed by atoms with E-state index in [1.165, 1.54) is 263 Å². The molecule has 0 saturated heterocycles. The minimum absolute atomic E-state index is 0.182. The van der Waals surface area contributed by atoms with E-state index < -0.39 is 24.3 Å². The average molecular weight is 1330 g/mol. The first kappa shape index (κ1) is 91.2. The third-order valence-electron chi connectivity index (χ3n) is 17.8. The van der Waals surface area contributed by atoms with Crippen LogP contribution in [0, 0.1) is 0 Å². The Morgan fingerprint density at radius 3 is 0.905 bits per heavy atom. The number of rotatable bonds is 75. The van der Waals surface area contributed by atoms with Crippen molar-refractivity contribution >= 4 is 17.9 Å². The number of carboxylic acid groups (broad SMARTS) is 1. The number of aliphatic carboxylic acids is 1. The number of ether oxygens (including phenoxy) is 4. The molecule has 1 N–H and O–H groups in total. The maximum Gasteiger partial charge on any atom is 0.361 e. The number of carboxylic acids is 1. The fourth-order valence-electron chi connectivity index (χ4n) is 11.7. The lowest BCUT2D eigenvalue weighted by molar-refractivity contribution is -0.870. The van der Waals surface area contributed by atoms with Crippen molar-refractivity contribution in [2.45, 2.75) is 386 Å². The highest BCUT2D eigenvalue weighted by Crippen LogP contribution is 2.19. The predicted molar refractivity (Wildman–Crippen MR) is 410 cm³/mol. The van der Waals surface area contributed by atoms with Gasteiger partial charge >= 0.3 is 17.9 Å². The van der Waals surface area contributed by atoms with Gasteiger partial charge in [-0.05, 0) is 96.3 Å². The number of nitrogens with zero attached hydrogens (tertiary/aromatic N) is 1. The molecular formula is C86H154NO8+. The molecule has 0 aliphatic carbocycles. The fraction of sp³-hybridized carbons (Fsp3) is 0.779. The van der Waals surface area contributed by atoms with Crippen LogP contribution in [0.15, 0.2) is 97.2 Å². The lowest BCUT2D eigenvalue weighted by Gasteiger charge is -2.25. The number of hydrogen-bond acceptors (Lipinski definition) is 7. The summed E-state index contributed by atoms with van der Waals surface area (Å²) in [5, 5.41) is 9.78. The molecular weight excluding hydrogens is 1170 g/mol. The molecule has 0 fully saturated rings. The number of likely N-dealkylation sites (N-methyl/N-ethyl adjacent to an activating group) is 1. The summed E-state index contributed by atoms with van der Waals surface area (Å²) in [5.41, 5.74) is 0. The van der Waals surface area contributed by atoms with Gasteiger partial charge in [-0.2, -0.15) is 0 Å². The summed E-state index contributed by atoms with van der Waals surface area (Å²) < 4.78 is 23.1. The van der Waals surface area contributed by atoms with E-state index >= 15 is 0 Å². The molecule has 0 bridgehead atoms. The molecule has 0 aromatic carbocycles. The summed E-state index contributed by atoms with van der Waals surface area (Å²) in [7, 11) is 5.99. The van der Waals surface area contributed by atoms with Crippen molar-refractivity contribution < 1.29 is 42.9 Å². The van der Waals surface area contributed by atoms with Gasteiger partial charge in [-0.3, -0.25) is 9.59 Å². The van der Waals surface area contributed by atoms with Crippen LogP contribution < -0.4 is 0 Å². The summed E-state index contributed by atoms with van der Waals surface area (Å²) >= 11 is 0. The standard InChI is InChI=1S/C86H153NO8/c1-6-8-10-12-14-16-18-20-22-24-26-28-30-32-34-36-38-40-42-44-46-48-50-52-54-56-58-60-62-64-66-68-70-72-74-76-83(88)93-80-82(81-94-86(85(90)91)92-79-78-87(3,4)5)95-84(89)77-75-73-71-69-67-65-63-61-59-57-55-53-51-49-47-45-43-41-39-37-35-33-31-29-27-25-23-21-19-17-15-13-11-9-7-2/h9,11,15,17,21,23-24,26-27,29,33,35,39,41,45,47,82,86H,6-8,10,12-14,16,18-20,22,25,28,30-32,34,36-38,40,42-44,46,48-81H2,1-5H3/p+1/b11-9-,17-15-,23-21-,26-24-,29-27-,35-33-,41-39-,47-45-. The van der Waals surface area contributed by atoms with E-state index in [0.717, 1.165) is 83.5 Å². The molecule has 0 aliphatic rings. The number of carbonyl (C=O) groups excluding carboxylic acids is 2. The van der Waals surface area contributed by atoms with E-state index in [2.05, 4.69) is 111 Å². The Labute approximate surface area is 588 Å². The van der Waals surface area contributed by atoms with E-state index in [1.807, 2.05) is 21.1 Å². The van der Waals surface area contributed by atoms with Crippen molar-refractivity contribution in [2.75, 3.05) is 47.5 Å². The first-order valence-corrected chi connectivity index (χ1v) is 40.4. The molecule has 9 heteroatoms. The Morgan fingerprint density at radius 1 is 0.326 bits per heavy atom. The number of unbranched alkanes of at least 4 members (excludes halogenated alkanes) is 44. The maximum atomic E-state index is 13.0. The van der Waals surface area contributed by atoms with E-state index in [4.69, 9.17) is 18.9 Å². The van der Waals surface area contributed by atoms with E-state index in [-0.39, 0.29) is 32.2 Å². The minimum Gasteiger partial charge on any atom is -0.477 e. The van der Waals surface area contributed by atoms with Crippen LogP contribution in [0.2, 0.25) is 0 Å². The average Bonchev–Trinajstić information content (AvgIpc) is 3.58. The molecule has 550 valence electrons. The van der Waals surface area contributed by atoms with E-state index in [0.29, 0.717) is 17.4 Å². The highest BCUT2D eigenvalue weighted by atomic mass is 16.7. The second-order valence-electron chi connectivity index (χ2n) is 28.3. The number of allylic oxidation sites excluding steroid dienone is 16. The summed E-state index contributed by atoms with van der Waals surface area (Å²) in [5.74, 6) is -1.99. The Morgan fingerprint density at radius 2 is 0.600 bits per heavy atom. The van der Waals surface area contributed by atoms with Crippen LogP contribution in [0.3, 0.4) is 0 Å². The SMILES string of the molecule is CC/C=C\C/C=C\C/C=C\C/C=C\C/C=C\C/C=C\C/C=C\CCCCCCCCCCCCCCCC(=O)OC(COC(=O)CCCCCCCCCCCCCCCCCCCCCCCCC/C=C\CCCCCCCCCC)COC(OCC[N+](C)(C)C)C(=O)O. The summed E-state index contributed by atoms with van der Waals surface area (Å²) in [6.45, 7) is 4.81. The van der Waals surface area contributed by atoms with Gasteiger partial charge in [0.1, 0.15) is 13.2 Å². The van der Waals surface area contributed by atoms with Crippen molar-refractivity contribution in [3.05, 3.63) is 97.2 Å². The van der Waals surface area contributed by atoms with Crippen LogP contribution in [-0.4, -0.2) is 87.4 Å². The van der Waals surface area contributed by atoms with Gasteiger partial charge in [-0.15, -0.1) is 0 Å². The quantitative estimate of drug-likeness (QED) is 0.0211. The molecule has 0 amide bonds. The Kier molecular flexibility index (Phi) is 72.9. The number of quaternary nitrogens is 1. The molecule has 2 unspecified atom stereocenters. The van der Waals surface area contributed by atoms with Gasteiger partial charge in [-0.25, -0.2) is 4.79 Å². The first-order chi connectivity index (χ1) is 46.6. The molecule has 2 atom stereocenters. The van der Waals surface area contributed by atoms with Gasteiger partial charge in [0.2, 0.25) is 0 Å². The second-order valence-corrected chi connectivity index (χ2v) is 28.3. The third-order valence-corrected chi connectivity index (χ3v) is 17.8. The number of esters is 2. The van der Waals surface area contributed by atoms with Gasteiger partial charge in [0.05, 0.1) is 34.4 Å². The van der Waals surface area contributed by atoms with Crippen molar-refractivity contribution in [1.82, 2.24) is 0 Å². The zero-order chi connectivity index (χ0) is 69.0. The lowest BCUT2D eigenvalue weighted by atomic mass is 10.0. The smallest absolute Gasteiger partial charge is 0.361 e. The maximum absolute atomic E-state index is 13.0. The lowest BCUT2D eigenvalue weighted by Crippen LogP contribution is -2.40. The number of carbonyl (C=O) groups is 3. The van der Waals surface area contributed by atoms with Gasteiger partial charge < -0.3 is 28.5 Å². The Bertz CT molecular complexity index is 1890. The highest BCUT2D eigenvalue weighted by Gasteiger charge is 2.25. The normalized spacial score (nSPS) is 13.1. The largest absolute Gasteiger partial charge is 0.477 e. The minimum atomic E-state index is -1.51. The fourth-order valence-corrected chi connectivity index (χ4v) is 11.7. The van der Waals surface area contributed by atoms with Crippen molar-refractivity contribution in [3.63, 3.8) is 0 Å². The van der Waals surface area contributed by atoms with Crippen LogP contribution in [-0.2, 0) is 33.3 Å². The van der Waals surface area contributed by atoms with Gasteiger partial charge in [0.25, 0.3) is 6.29 Å². The van der Waals surface area contributed by atoms with Gasteiger partial charge in [0.15, 0.2) is 6.10 Å².